The van der Waals surface area contributed by atoms with Crippen molar-refractivity contribution in [3.8, 4) is 0 Å². The van der Waals surface area contributed by atoms with Gasteiger partial charge in [0.15, 0.2) is 5.82 Å². The summed E-state index contributed by atoms with van der Waals surface area (Å²) in [5.74, 6) is -0.935. The maximum absolute atomic E-state index is 13.5. The van der Waals surface area contributed by atoms with Crippen LogP contribution >= 0.6 is 0 Å². The van der Waals surface area contributed by atoms with E-state index in [4.69, 9.17) is 4.74 Å². The fraction of sp³-hybridized carbons (Fsp3) is 0.263. The van der Waals surface area contributed by atoms with E-state index in [1.54, 1.807) is 25.1 Å². The molecular weight excluding hydrogens is 404 g/mol. The number of alkyl halides is 2. The van der Waals surface area contributed by atoms with Crippen molar-refractivity contribution in [3.63, 3.8) is 0 Å². The molecule has 0 atom stereocenters. The standard InChI is InChI=1S/C19H19F2N3O4S/c1-12-8-9-13(29(26,27)23(2)3)10-14(12)18(25)28-11-17-22-15-6-4-5-7-16(15)24(17)19(20)21/h4-10,19H,11H2,1-3H3. The largest absolute Gasteiger partial charge is 0.454 e. The lowest BCUT2D eigenvalue weighted by molar-refractivity contribution is 0.0386. The molecular formula is C19H19F2N3O4S. The van der Waals surface area contributed by atoms with Gasteiger partial charge in [-0.25, -0.2) is 22.5 Å². The summed E-state index contributed by atoms with van der Waals surface area (Å²) in [6.45, 7) is -1.72. The molecule has 7 nitrogen and oxygen atoms in total. The zero-order chi connectivity index (χ0) is 21.3. The molecule has 0 unspecified atom stereocenters. The third-order valence-corrected chi connectivity index (χ3v) is 6.22. The predicted molar refractivity (Wildman–Crippen MR) is 102 cm³/mol. The summed E-state index contributed by atoms with van der Waals surface area (Å²) in [6.07, 6.45) is 0. The first kappa shape index (κ1) is 20.9. The molecule has 0 saturated heterocycles. The highest BCUT2D eigenvalue weighted by Crippen LogP contribution is 2.24. The van der Waals surface area contributed by atoms with Gasteiger partial charge in [0.25, 0.3) is 0 Å². The second kappa shape index (κ2) is 7.88. The van der Waals surface area contributed by atoms with Crippen molar-refractivity contribution in [3.05, 3.63) is 59.4 Å². The molecule has 0 amide bonds. The van der Waals surface area contributed by atoms with Crippen LogP contribution in [0.1, 0.15) is 28.3 Å². The minimum atomic E-state index is -3.74. The fourth-order valence-electron chi connectivity index (χ4n) is 2.81. The van der Waals surface area contributed by atoms with Crippen molar-refractivity contribution in [1.29, 1.82) is 0 Å². The maximum Gasteiger partial charge on any atom is 0.338 e. The molecule has 0 N–H and O–H groups in total. The number of aromatic nitrogens is 2. The monoisotopic (exact) mass is 423 g/mol. The third-order valence-electron chi connectivity index (χ3n) is 4.40. The Bertz CT molecular complexity index is 1170. The first-order chi connectivity index (χ1) is 13.6. The van der Waals surface area contributed by atoms with Gasteiger partial charge in [0, 0.05) is 14.1 Å². The molecule has 3 rings (SSSR count). The number of para-hydroxylation sites is 2. The lowest BCUT2D eigenvalue weighted by atomic mass is 10.1. The van der Waals surface area contributed by atoms with Crippen molar-refractivity contribution >= 4 is 27.0 Å². The van der Waals surface area contributed by atoms with E-state index in [2.05, 4.69) is 4.98 Å². The van der Waals surface area contributed by atoms with Crippen LogP contribution in [-0.2, 0) is 21.4 Å². The van der Waals surface area contributed by atoms with Crippen molar-refractivity contribution in [1.82, 2.24) is 13.9 Å². The zero-order valence-corrected chi connectivity index (χ0v) is 16.8. The molecule has 0 fully saturated rings. The second-order valence-corrected chi connectivity index (χ2v) is 8.66. The van der Waals surface area contributed by atoms with E-state index in [1.807, 2.05) is 0 Å². The lowest BCUT2D eigenvalue weighted by Crippen LogP contribution is -2.22. The number of rotatable bonds is 6. The Morgan fingerprint density at radius 1 is 1.21 bits per heavy atom. The van der Waals surface area contributed by atoms with E-state index in [0.29, 0.717) is 15.6 Å². The molecule has 10 heteroatoms. The molecule has 0 aliphatic carbocycles. The van der Waals surface area contributed by atoms with E-state index in [9.17, 15) is 22.0 Å². The van der Waals surface area contributed by atoms with Gasteiger partial charge in [-0.05, 0) is 36.8 Å². The van der Waals surface area contributed by atoms with Gasteiger partial charge in [-0.1, -0.05) is 18.2 Å². The van der Waals surface area contributed by atoms with Gasteiger partial charge in [-0.15, -0.1) is 0 Å². The highest BCUT2D eigenvalue weighted by Gasteiger charge is 2.22. The Balaban J connectivity index is 1.89. The van der Waals surface area contributed by atoms with Crippen molar-refractivity contribution in [2.45, 2.75) is 25.0 Å². The quantitative estimate of drug-likeness (QED) is 0.568. The predicted octanol–water partition coefficient (Wildman–Crippen LogP) is 3.35. The highest BCUT2D eigenvalue weighted by atomic mass is 32.2. The number of esters is 1. The van der Waals surface area contributed by atoms with Crippen LogP contribution in [0.2, 0.25) is 0 Å². The SMILES string of the molecule is Cc1ccc(S(=O)(=O)N(C)C)cc1C(=O)OCc1nc2ccccc2n1C(F)F. The summed E-state index contributed by atoms with van der Waals surface area (Å²) >= 11 is 0. The van der Waals surface area contributed by atoms with Gasteiger partial charge in [0.05, 0.1) is 21.5 Å². The van der Waals surface area contributed by atoms with Crippen LogP contribution in [0.15, 0.2) is 47.4 Å². The Kier molecular flexibility index (Phi) is 5.67. The molecule has 1 aromatic heterocycles. The second-order valence-electron chi connectivity index (χ2n) is 6.50. The van der Waals surface area contributed by atoms with Crippen LogP contribution in [-0.4, -0.2) is 42.3 Å². The topological polar surface area (TPSA) is 81.5 Å². The van der Waals surface area contributed by atoms with E-state index >= 15 is 0 Å². The van der Waals surface area contributed by atoms with E-state index in [0.717, 1.165) is 4.31 Å². The lowest BCUT2D eigenvalue weighted by Gasteiger charge is -2.14. The van der Waals surface area contributed by atoms with Crippen LogP contribution in [0.25, 0.3) is 11.0 Å². The number of sulfonamides is 1. The molecule has 0 aliphatic heterocycles. The highest BCUT2D eigenvalue weighted by molar-refractivity contribution is 7.89. The number of hydrogen-bond acceptors (Lipinski definition) is 5. The molecule has 0 bridgehead atoms. The number of benzene rings is 2. The molecule has 0 saturated carbocycles. The number of halogens is 2. The van der Waals surface area contributed by atoms with Crippen LogP contribution in [0.4, 0.5) is 8.78 Å². The number of hydrogen-bond donors (Lipinski definition) is 0. The number of carbonyl (C=O) groups excluding carboxylic acids is 1. The van der Waals surface area contributed by atoms with Gasteiger partial charge in [-0.2, -0.15) is 8.78 Å². The smallest absolute Gasteiger partial charge is 0.338 e. The number of imidazole rings is 1. The van der Waals surface area contributed by atoms with Crippen LogP contribution in [0.3, 0.4) is 0 Å². The Morgan fingerprint density at radius 2 is 1.90 bits per heavy atom. The van der Waals surface area contributed by atoms with Crippen LogP contribution < -0.4 is 0 Å². The number of nitrogens with zero attached hydrogens (tertiary/aromatic N) is 3. The van der Waals surface area contributed by atoms with E-state index < -0.39 is 29.1 Å². The average Bonchev–Trinajstić information content (AvgIpc) is 3.04. The van der Waals surface area contributed by atoms with Crippen molar-refractivity contribution < 1.29 is 26.7 Å². The van der Waals surface area contributed by atoms with Crippen molar-refractivity contribution in [2.75, 3.05) is 14.1 Å². The maximum atomic E-state index is 13.5. The molecule has 1 heterocycles. The third kappa shape index (κ3) is 3.99. The molecule has 0 radical (unpaired) electrons. The van der Waals surface area contributed by atoms with Crippen molar-refractivity contribution in [2.24, 2.45) is 0 Å². The number of ether oxygens (including phenoxy) is 1. The summed E-state index contributed by atoms with van der Waals surface area (Å²) in [4.78, 5) is 16.6. The molecule has 0 spiro atoms. The minimum absolute atomic E-state index is 0.0348. The summed E-state index contributed by atoms with van der Waals surface area (Å²) in [5, 5.41) is 0. The van der Waals surface area contributed by atoms with Crippen LogP contribution in [0.5, 0.6) is 0 Å². The summed E-state index contributed by atoms with van der Waals surface area (Å²) < 4.78 is 58.4. The van der Waals surface area contributed by atoms with Gasteiger partial charge in [-0.3, -0.25) is 4.57 Å². The number of fused-ring (bicyclic) bond motifs is 1. The Labute approximate surface area is 166 Å². The molecule has 154 valence electrons. The first-order valence-electron chi connectivity index (χ1n) is 8.57. The number of carbonyl (C=O) groups is 1. The Morgan fingerprint density at radius 3 is 2.55 bits per heavy atom. The average molecular weight is 423 g/mol. The fourth-order valence-corrected chi connectivity index (χ4v) is 3.74. The van der Waals surface area contributed by atoms with Gasteiger partial charge >= 0.3 is 12.5 Å². The summed E-state index contributed by atoms with van der Waals surface area (Å²) in [7, 11) is -0.988. The zero-order valence-electron chi connectivity index (χ0n) is 16.0. The van der Waals surface area contributed by atoms with Gasteiger partial charge in [0.1, 0.15) is 6.61 Å². The molecule has 0 aliphatic rings. The first-order valence-corrected chi connectivity index (χ1v) is 10.0. The van der Waals surface area contributed by atoms with E-state index in [1.165, 1.54) is 38.4 Å². The number of aryl methyl sites for hydroxylation is 1. The summed E-state index contributed by atoms with van der Waals surface area (Å²) in [6, 6.07) is 10.4. The van der Waals surface area contributed by atoms with Gasteiger partial charge in [0.2, 0.25) is 10.0 Å². The van der Waals surface area contributed by atoms with Gasteiger partial charge < -0.3 is 4.74 Å². The Hall–Kier alpha value is -2.85. The summed E-state index contributed by atoms with van der Waals surface area (Å²) in [5.41, 5.74) is 1.11. The minimum Gasteiger partial charge on any atom is -0.454 e. The molecule has 2 aromatic carbocycles. The van der Waals surface area contributed by atoms with E-state index in [-0.39, 0.29) is 21.8 Å². The molecule has 29 heavy (non-hydrogen) atoms. The van der Waals surface area contributed by atoms with Crippen LogP contribution in [0, 0.1) is 6.92 Å². The normalized spacial score (nSPS) is 12.1. The molecule has 3 aromatic rings.